The second-order valence-corrected chi connectivity index (χ2v) is 8.89. The van der Waals surface area contributed by atoms with Crippen molar-refractivity contribution in [1.29, 1.82) is 0 Å². The molecule has 0 bridgehead atoms. The minimum atomic E-state index is -2.13. The molecule has 2 aliphatic carbocycles. The minimum absolute atomic E-state index is 0.428. The van der Waals surface area contributed by atoms with Crippen molar-refractivity contribution in [3.63, 3.8) is 0 Å². The first-order chi connectivity index (χ1) is 8.72. The van der Waals surface area contributed by atoms with Crippen molar-refractivity contribution in [2.75, 3.05) is 0 Å². The van der Waals surface area contributed by atoms with Gasteiger partial charge >= 0.3 is 8.56 Å². The molecule has 2 rings (SSSR count). The lowest BCUT2D eigenvalue weighted by Crippen LogP contribution is -2.44. The SMILES string of the molecule is C=C[Si](C)(OC1CCCCC1)OC1CCCCC1. The standard InChI is InChI=1S/C15H28O2Si/c1-3-18(2,16-14-10-6-4-7-11-14)17-15-12-8-5-9-13-15/h3,14-15H,1,4-13H2,2H3. The third-order valence-corrected chi connectivity index (χ3v) is 6.62. The summed E-state index contributed by atoms with van der Waals surface area (Å²) in [7, 11) is -2.13. The average Bonchev–Trinajstić information content (AvgIpc) is 2.41. The summed E-state index contributed by atoms with van der Waals surface area (Å²) in [6.07, 6.45) is 13.7. The van der Waals surface area contributed by atoms with E-state index in [1.165, 1.54) is 64.2 Å². The Morgan fingerprint density at radius 3 is 1.56 bits per heavy atom. The zero-order valence-corrected chi connectivity index (χ0v) is 12.8. The molecule has 0 aromatic heterocycles. The van der Waals surface area contributed by atoms with E-state index in [9.17, 15) is 0 Å². The monoisotopic (exact) mass is 268 g/mol. The maximum Gasteiger partial charge on any atom is 0.361 e. The van der Waals surface area contributed by atoms with Crippen LogP contribution in [0.25, 0.3) is 0 Å². The molecule has 2 saturated carbocycles. The summed E-state index contributed by atoms with van der Waals surface area (Å²) >= 11 is 0. The fourth-order valence-electron chi connectivity index (χ4n) is 3.15. The Morgan fingerprint density at radius 2 is 1.22 bits per heavy atom. The second-order valence-electron chi connectivity index (χ2n) is 5.98. The van der Waals surface area contributed by atoms with Crippen molar-refractivity contribution in [3.8, 4) is 0 Å². The molecule has 0 unspecified atom stereocenters. The van der Waals surface area contributed by atoms with Gasteiger partial charge in [-0.3, -0.25) is 0 Å². The average molecular weight is 268 g/mol. The van der Waals surface area contributed by atoms with Crippen molar-refractivity contribution in [1.82, 2.24) is 0 Å². The molecule has 0 aliphatic heterocycles. The summed E-state index contributed by atoms with van der Waals surface area (Å²) in [5.74, 6) is 0. The van der Waals surface area contributed by atoms with E-state index >= 15 is 0 Å². The Bertz CT molecular complexity index is 235. The molecule has 0 saturated heterocycles. The highest BCUT2D eigenvalue weighted by molar-refractivity contribution is 6.71. The lowest BCUT2D eigenvalue weighted by Gasteiger charge is -2.35. The van der Waals surface area contributed by atoms with Crippen molar-refractivity contribution < 1.29 is 8.85 Å². The van der Waals surface area contributed by atoms with Gasteiger partial charge in [0.1, 0.15) is 0 Å². The molecule has 2 aliphatic rings. The van der Waals surface area contributed by atoms with Crippen LogP contribution in [0.4, 0.5) is 0 Å². The molecule has 0 radical (unpaired) electrons. The highest BCUT2D eigenvalue weighted by Crippen LogP contribution is 2.28. The molecule has 0 atom stereocenters. The third kappa shape index (κ3) is 4.21. The predicted octanol–water partition coefficient (Wildman–Crippen LogP) is 4.48. The Kier molecular flexibility index (Phi) is 5.46. The van der Waals surface area contributed by atoms with E-state index in [1.54, 1.807) is 0 Å². The maximum atomic E-state index is 6.33. The molecule has 0 aromatic carbocycles. The van der Waals surface area contributed by atoms with Gasteiger partial charge in [-0.05, 0) is 37.9 Å². The summed E-state index contributed by atoms with van der Waals surface area (Å²) in [6, 6.07) is 0. The van der Waals surface area contributed by atoms with Crippen LogP contribution in [0, 0.1) is 0 Å². The molecule has 0 heterocycles. The first-order valence-corrected chi connectivity index (χ1v) is 10.1. The van der Waals surface area contributed by atoms with E-state index in [4.69, 9.17) is 8.85 Å². The van der Waals surface area contributed by atoms with Gasteiger partial charge in [0.05, 0.1) is 0 Å². The van der Waals surface area contributed by atoms with E-state index in [0.29, 0.717) is 12.2 Å². The van der Waals surface area contributed by atoms with Gasteiger partial charge in [-0.25, -0.2) is 0 Å². The Morgan fingerprint density at radius 1 is 0.833 bits per heavy atom. The summed E-state index contributed by atoms with van der Waals surface area (Å²) in [5.41, 5.74) is 1.98. The van der Waals surface area contributed by atoms with Gasteiger partial charge in [0.15, 0.2) is 0 Å². The van der Waals surface area contributed by atoms with E-state index in [0.717, 1.165) is 0 Å². The maximum absolute atomic E-state index is 6.33. The second kappa shape index (κ2) is 6.87. The molecule has 0 aromatic rings. The van der Waals surface area contributed by atoms with E-state index in [1.807, 2.05) is 5.70 Å². The smallest absolute Gasteiger partial charge is 0.361 e. The highest BCUT2D eigenvalue weighted by Gasteiger charge is 2.35. The number of rotatable bonds is 5. The van der Waals surface area contributed by atoms with Gasteiger partial charge in [-0.1, -0.05) is 38.5 Å². The van der Waals surface area contributed by atoms with Gasteiger partial charge < -0.3 is 8.85 Å². The molecular formula is C15H28O2Si. The van der Waals surface area contributed by atoms with E-state index < -0.39 is 8.56 Å². The molecule has 0 amide bonds. The van der Waals surface area contributed by atoms with Gasteiger partial charge in [0.25, 0.3) is 0 Å². The Balaban J connectivity index is 1.85. The summed E-state index contributed by atoms with van der Waals surface area (Å²) < 4.78 is 12.7. The highest BCUT2D eigenvalue weighted by atomic mass is 28.4. The zero-order valence-electron chi connectivity index (χ0n) is 11.8. The fourth-order valence-corrected chi connectivity index (χ4v) is 5.19. The van der Waals surface area contributed by atoms with Gasteiger partial charge in [-0.15, -0.1) is 6.58 Å². The van der Waals surface area contributed by atoms with E-state index in [2.05, 4.69) is 13.1 Å². The third-order valence-electron chi connectivity index (χ3n) is 4.28. The van der Waals surface area contributed by atoms with Crippen LogP contribution in [0.2, 0.25) is 6.55 Å². The van der Waals surface area contributed by atoms with Crippen molar-refractivity contribution in [2.45, 2.75) is 83.0 Å². The lowest BCUT2D eigenvalue weighted by atomic mass is 9.98. The molecular weight excluding hydrogens is 240 g/mol. The molecule has 2 fully saturated rings. The number of hydrogen-bond donors (Lipinski definition) is 0. The van der Waals surface area contributed by atoms with Crippen LogP contribution in [0.1, 0.15) is 64.2 Å². The predicted molar refractivity (Wildman–Crippen MR) is 77.7 cm³/mol. The van der Waals surface area contributed by atoms with E-state index in [-0.39, 0.29) is 0 Å². The minimum Gasteiger partial charge on any atom is -0.388 e. The van der Waals surface area contributed by atoms with Crippen LogP contribution in [0.5, 0.6) is 0 Å². The molecule has 2 nitrogen and oxygen atoms in total. The van der Waals surface area contributed by atoms with Gasteiger partial charge in [-0.2, -0.15) is 0 Å². The van der Waals surface area contributed by atoms with Gasteiger partial charge in [0.2, 0.25) is 0 Å². The normalized spacial score (nSPS) is 24.1. The van der Waals surface area contributed by atoms with Crippen molar-refractivity contribution in [2.24, 2.45) is 0 Å². The Hall–Kier alpha value is -0.123. The van der Waals surface area contributed by atoms with Crippen LogP contribution in [0.15, 0.2) is 12.3 Å². The molecule has 104 valence electrons. The first kappa shape index (κ1) is 14.3. The molecule has 0 N–H and O–H groups in total. The lowest BCUT2D eigenvalue weighted by molar-refractivity contribution is 0.0570. The first-order valence-electron chi connectivity index (χ1n) is 7.71. The molecule has 0 spiro atoms. The molecule has 3 heteroatoms. The van der Waals surface area contributed by atoms with Crippen molar-refractivity contribution in [3.05, 3.63) is 12.3 Å². The summed E-state index contributed by atoms with van der Waals surface area (Å²) in [6.45, 7) is 6.15. The van der Waals surface area contributed by atoms with Crippen molar-refractivity contribution >= 4 is 8.56 Å². The summed E-state index contributed by atoms with van der Waals surface area (Å²) in [4.78, 5) is 0. The summed E-state index contributed by atoms with van der Waals surface area (Å²) in [5, 5.41) is 0. The Labute approximate surface area is 113 Å². The largest absolute Gasteiger partial charge is 0.388 e. The van der Waals surface area contributed by atoms with Crippen LogP contribution < -0.4 is 0 Å². The molecule has 18 heavy (non-hydrogen) atoms. The topological polar surface area (TPSA) is 18.5 Å². The van der Waals surface area contributed by atoms with Gasteiger partial charge in [0, 0.05) is 12.2 Å². The van der Waals surface area contributed by atoms with Crippen LogP contribution in [-0.2, 0) is 8.85 Å². The van der Waals surface area contributed by atoms with Crippen LogP contribution in [-0.4, -0.2) is 20.8 Å². The van der Waals surface area contributed by atoms with Crippen LogP contribution >= 0.6 is 0 Å². The quantitative estimate of drug-likeness (QED) is 0.684. The number of hydrogen-bond acceptors (Lipinski definition) is 2. The fraction of sp³-hybridized carbons (Fsp3) is 0.867. The van der Waals surface area contributed by atoms with Crippen LogP contribution in [0.3, 0.4) is 0 Å². The zero-order chi connectivity index (χ0) is 12.8.